The Kier molecular flexibility index (Phi) is 5.79. The first kappa shape index (κ1) is 18.0. The van der Waals surface area contributed by atoms with Crippen LogP contribution >= 0.6 is 0 Å². The zero-order valence-electron chi connectivity index (χ0n) is 13.9. The molecule has 122 valence electrons. The van der Waals surface area contributed by atoms with Gasteiger partial charge in [-0.2, -0.15) is 0 Å². The van der Waals surface area contributed by atoms with Gasteiger partial charge in [-0.25, -0.2) is 0 Å². The Morgan fingerprint density at radius 2 is 1.76 bits per heavy atom. The van der Waals surface area contributed by atoms with E-state index in [2.05, 4.69) is 0 Å². The van der Waals surface area contributed by atoms with Crippen LogP contribution in [-0.4, -0.2) is 46.7 Å². The van der Waals surface area contributed by atoms with Gasteiger partial charge >= 0.3 is 5.97 Å². The van der Waals surface area contributed by atoms with E-state index in [1.54, 1.807) is 4.90 Å². The van der Waals surface area contributed by atoms with Crippen molar-refractivity contribution in [1.82, 2.24) is 4.90 Å². The van der Waals surface area contributed by atoms with Crippen molar-refractivity contribution in [3.63, 3.8) is 0 Å². The number of nitrogens with zero attached hydrogens (tertiary/aromatic N) is 1. The van der Waals surface area contributed by atoms with E-state index in [4.69, 9.17) is 4.74 Å². The van der Waals surface area contributed by atoms with Crippen LogP contribution in [0.15, 0.2) is 0 Å². The molecule has 1 aliphatic rings. The fourth-order valence-corrected chi connectivity index (χ4v) is 2.68. The third-order valence-electron chi connectivity index (χ3n) is 4.17. The topological polar surface area (TPSA) is 66.8 Å². The number of esters is 1. The lowest BCUT2D eigenvalue weighted by Crippen LogP contribution is -2.52. The van der Waals surface area contributed by atoms with Crippen molar-refractivity contribution in [3.05, 3.63) is 0 Å². The van der Waals surface area contributed by atoms with Crippen molar-refractivity contribution in [2.24, 2.45) is 5.41 Å². The quantitative estimate of drug-likeness (QED) is 0.763. The predicted octanol–water partition coefficient (Wildman–Crippen LogP) is 2.12. The third kappa shape index (κ3) is 4.19. The van der Waals surface area contributed by atoms with Crippen LogP contribution in [0.4, 0.5) is 0 Å². The normalized spacial score (nSPS) is 18.6. The monoisotopic (exact) mass is 299 g/mol. The predicted molar refractivity (Wildman–Crippen MR) is 80.7 cm³/mol. The van der Waals surface area contributed by atoms with Crippen LogP contribution < -0.4 is 0 Å². The van der Waals surface area contributed by atoms with Gasteiger partial charge in [-0.05, 0) is 47.5 Å². The van der Waals surface area contributed by atoms with Crippen molar-refractivity contribution in [1.29, 1.82) is 0 Å². The summed E-state index contributed by atoms with van der Waals surface area (Å²) < 4.78 is 5.44. The van der Waals surface area contributed by atoms with Crippen LogP contribution in [0.25, 0.3) is 0 Å². The first-order chi connectivity index (χ1) is 9.66. The summed E-state index contributed by atoms with van der Waals surface area (Å²) in [5.41, 5.74) is -1.47. The van der Waals surface area contributed by atoms with Gasteiger partial charge in [-0.1, -0.05) is 6.42 Å². The Bertz CT molecular complexity index is 378. The van der Waals surface area contributed by atoms with Crippen molar-refractivity contribution < 1.29 is 19.4 Å². The molecule has 1 atom stereocenters. The largest absolute Gasteiger partial charge is 0.459 e. The Hall–Kier alpha value is -1.10. The van der Waals surface area contributed by atoms with Gasteiger partial charge in [0.1, 0.15) is 5.60 Å². The minimum atomic E-state index is -0.964. The smallest absolute Gasteiger partial charge is 0.315 e. The maximum absolute atomic E-state index is 12.4. The van der Waals surface area contributed by atoms with Crippen molar-refractivity contribution >= 4 is 11.9 Å². The molecule has 0 aromatic heterocycles. The van der Waals surface area contributed by atoms with Gasteiger partial charge in [0.05, 0.1) is 17.9 Å². The van der Waals surface area contributed by atoms with Crippen molar-refractivity contribution in [2.75, 3.05) is 13.1 Å². The first-order valence-electron chi connectivity index (χ1n) is 7.85. The highest BCUT2D eigenvalue weighted by Gasteiger charge is 2.52. The lowest BCUT2D eigenvalue weighted by atomic mass is 9.64. The van der Waals surface area contributed by atoms with E-state index in [0.29, 0.717) is 25.9 Å². The molecule has 0 radical (unpaired) electrons. The van der Waals surface area contributed by atoms with Crippen LogP contribution in [0.2, 0.25) is 0 Å². The summed E-state index contributed by atoms with van der Waals surface area (Å²) in [4.78, 5) is 26.2. The summed E-state index contributed by atoms with van der Waals surface area (Å²) in [6.45, 7) is 10.5. The highest BCUT2D eigenvalue weighted by molar-refractivity contribution is 5.82. The van der Waals surface area contributed by atoms with E-state index in [0.717, 1.165) is 6.42 Å². The minimum absolute atomic E-state index is 0.0130. The molecule has 0 spiro atoms. The van der Waals surface area contributed by atoms with Crippen LogP contribution in [0.3, 0.4) is 0 Å². The van der Waals surface area contributed by atoms with Gasteiger partial charge in [0.15, 0.2) is 0 Å². The molecule has 1 aliphatic carbocycles. The van der Waals surface area contributed by atoms with Crippen LogP contribution in [0, 0.1) is 5.41 Å². The molecule has 0 aliphatic heterocycles. The number of carbonyl (C=O) groups excluding carboxylic acids is 2. The summed E-state index contributed by atoms with van der Waals surface area (Å²) in [7, 11) is 0. The Morgan fingerprint density at radius 1 is 1.24 bits per heavy atom. The summed E-state index contributed by atoms with van der Waals surface area (Å²) in [6.07, 6.45) is 1.09. The second kappa shape index (κ2) is 6.77. The van der Waals surface area contributed by atoms with E-state index in [1.807, 2.05) is 34.6 Å². The Balaban J connectivity index is 2.75. The zero-order chi connectivity index (χ0) is 16.3. The van der Waals surface area contributed by atoms with Gasteiger partial charge in [0.2, 0.25) is 5.91 Å². The average molecular weight is 299 g/mol. The van der Waals surface area contributed by atoms with Crippen LogP contribution in [0.5, 0.6) is 0 Å². The fraction of sp³-hybridized carbons (Fsp3) is 0.875. The third-order valence-corrected chi connectivity index (χ3v) is 4.17. The molecule has 0 saturated heterocycles. The highest BCUT2D eigenvalue weighted by Crippen LogP contribution is 2.46. The SMILES string of the molecule is CCN(CC)C(=O)CC(O)C1(C(=O)OC(C)(C)C)CCC1. The summed E-state index contributed by atoms with van der Waals surface area (Å²) in [5.74, 6) is -0.483. The van der Waals surface area contributed by atoms with E-state index < -0.39 is 17.1 Å². The molecule has 21 heavy (non-hydrogen) atoms. The van der Waals surface area contributed by atoms with Gasteiger partial charge < -0.3 is 14.7 Å². The Labute approximate surface area is 127 Å². The molecule has 1 rings (SSSR count). The van der Waals surface area contributed by atoms with E-state index in [-0.39, 0.29) is 18.3 Å². The van der Waals surface area contributed by atoms with Crippen LogP contribution in [0.1, 0.15) is 60.3 Å². The van der Waals surface area contributed by atoms with Gasteiger partial charge in [-0.15, -0.1) is 0 Å². The standard InChI is InChI=1S/C16H29NO4/c1-6-17(7-2)13(19)11-12(18)16(9-8-10-16)14(20)21-15(3,4)5/h12,18H,6-11H2,1-5H3. The number of aliphatic hydroxyl groups is 1. The molecule has 1 unspecified atom stereocenters. The van der Waals surface area contributed by atoms with E-state index >= 15 is 0 Å². The average Bonchev–Trinajstić information content (AvgIpc) is 2.25. The highest BCUT2D eigenvalue weighted by atomic mass is 16.6. The molecule has 0 heterocycles. The number of hydrogen-bond acceptors (Lipinski definition) is 4. The second-order valence-electron chi connectivity index (χ2n) is 6.80. The molecular formula is C16H29NO4. The molecule has 5 nitrogen and oxygen atoms in total. The first-order valence-corrected chi connectivity index (χ1v) is 7.85. The number of aliphatic hydroxyl groups excluding tert-OH is 1. The van der Waals surface area contributed by atoms with E-state index in [9.17, 15) is 14.7 Å². The lowest BCUT2D eigenvalue weighted by molar-refractivity contribution is -0.185. The number of rotatable bonds is 6. The van der Waals surface area contributed by atoms with Gasteiger partial charge in [-0.3, -0.25) is 9.59 Å². The number of carbonyl (C=O) groups is 2. The number of amides is 1. The summed E-state index contributed by atoms with van der Waals surface area (Å²) in [6, 6.07) is 0. The zero-order valence-corrected chi connectivity index (χ0v) is 13.9. The van der Waals surface area contributed by atoms with Gasteiger partial charge in [0, 0.05) is 13.1 Å². The molecular weight excluding hydrogens is 270 g/mol. The lowest BCUT2D eigenvalue weighted by Gasteiger charge is -2.44. The van der Waals surface area contributed by atoms with Crippen LogP contribution in [-0.2, 0) is 14.3 Å². The number of ether oxygens (including phenoxy) is 1. The molecule has 1 amide bonds. The molecule has 1 fully saturated rings. The Morgan fingerprint density at radius 3 is 2.10 bits per heavy atom. The number of hydrogen-bond donors (Lipinski definition) is 1. The minimum Gasteiger partial charge on any atom is -0.459 e. The maximum atomic E-state index is 12.4. The van der Waals surface area contributed by atoms with Crippen molar-refractivity contribution in [2.45, 2.75) is 72.0 Å². The summed E-state index contributed by atoms with van der Waals surface area (Å²) in [5, 5.41) is 10.4. The molecule has 1 saturated carbocycles. The van der Waals surface area contributed by atoms with Gasteiger partial charge in [0.25, 0.3) is 0 Å². The molecule has 0 aromatic rings. The molecule has 5 heteroatoms. The molecule has 0 bridgehead atoms. The molecule has 1 N–H and O–H groups in total. The molecule has 0 aromatic carbocycles. The summed E-state index contributed by atoms with van der Waals surface area (Å²) >= 11 is 0. The maximum Gasteiger partial charge on any atom is 0.315 e. The van der Waals surface area contributed by atoms with E-state index in [1.165, 1.54) is 0 Å². The fourth-order valence-electron chi connectivity index (χ4n) is 2.68. The van der Waals surface area contributed by atoms with Crippen molar-refractivity contribution in [3.8, 4) is 0 Å². The second-order valence-corrected chi connectivity index (χ2v) is 6.80.